The molecule has 0 radical (unpaired) electrons. The molecule has 4 amide bonds. The number of hydrogen-bond acceptors (Lipinski definition) is 4. The number of nitrogens with zero attached hydrogens (tertiary/aromatic N) is 1. The molecule has 0 spiro atoms. The molecule has 32 heavy (non-hydrogen) atoms. The molecule has 162 valence electrons. The van der Waals surface area contributed by atoms with Gasteiger partial charge in [-0.25, -0.2) is 4.79 Å². The molecule has 2 N–H and O–H groups in total. The van der Waals surface area contributed by atoms with Gasteiger partial charge in [-0.2, -0.15) is 0 Å². The van der Waals surface area contributed by atoms with Crippen LogP contribution in [-0.2, 0) is 0 Å². The zero-order valence-electron chi connectivity index (χ0n) is 17.0. The average Bonchev–Trinajstić information content (AvgIpc) is 3.02. The van der Waals surface area contributed by atoms with Gasteiger partial charge in [-0.05, 0) is 48.9 Å². The van der Waals surface area contributed by atoms with Crippen molar-refractivity contribution in [2.45, 2.75) is 16.2 Å². The van der Waals surface area contributed by atoms with Crippen molar-refractivity contribution in [3.63, 3.8) is 0 Å². The molecule has 8 heteroatoms. The highest BCUT2D eigenvalue weighted by Gasteiger charge is 2.34. The SMILES string of the molecule is O=C(NCCCN1C(=O)c2ccc(Br)cc2C1=O)Nc1ccccc1Sc1ccccc1. The fourth-order valence-corrected chi connectivity index (χ4v) is 4.63. The summed E-state index contributed by atoms with van der Waals surface area (Å²) >= 11 is 4.89. The third-order valence-electron chi connectivity index (χ3n) is 4.88. The summed E-state index contributed by atoms with van der Waals surface area (Å²) in [5.41, 5.74) is 1.53. The number of fused-ring (bicyclic) bond motifs is 1. The molecule has 0 saturated heterocycles. The van der Waals surface area contributed by atoms with Gasteiger partial charge in [0.1, 0.15) is 0 Å². The zero-order chi connectivity index (χ0) is 22.5. The van der Waals surface area contributed by atoms with Crippen molar-refractivity contribution in [1.82, 2.24) is 10.2 Å². The number of rotatable bonds is 7. The second-order valence-corrected chi connectivity index (χ2v) is 9.13. The molecule has 0 aliphatic carbocycles. The van der Waals surface area contributed by atoms with Crippen molar-refractivity contribution in [2.24, 2.45) is 0 Å². The largest absolute Gasteiger partial charge is 0.338 e. The van der Waals surface area contributed by atoms with E-state index in [-0.39, 0.29) is 24.4 Å². The molecule has 3 aromatic carbocycles. The predicted octanol–water partition coefficient (Wildman–Crippen LogP) is 5.41. The van der Waals surface area contributed by atoms with E-state index in [9.17, 15) is 14.4 Å². The van der Waals surface area contributed by atoms with Gasteiger partial charge in [0.2, 0.25) is 0 Å². The molecule has 0 atom stereocenters. The third kappa shape index (κ3) is 5.03. The molecule has 0 fully saturated rings. The quantitative estimate of drug-likeness (QED) is 0.329. The normalized spacial score (nSPS) is 12.6. The minimum absolute atomic E-state index is 0.241. The summed E-state index contributed by atoms with van der Waals surface area (Å²) in [4.78, 5) is 40.6. The molecular weight excluding hydrogens is 490 g/mol. The Morgan fingerprint density at radius 3 is 2.44 bits per heavy atom. The lowest BCUT2D eigenvalue weighted by molar-refractivity contribution is 0.0653. The van der Waals surface area contributed by atoms with Crippen LogP contribution in [-0.4, -0.2) is 35.8 Å². The number of benzene rings is 3. The molecule has 0 unspecified atom stereocenters. The van der Waals surface area contributed by atoms with E-state index in [0.717, 1.165) is 14.3 Å². The molecule has 3 aromatic rings. The van der Waals surface area contributed by atoms with Crippen molar-refractivity contribution in [1.29, 1.82) is 0 Å². The van der Waals surface area contributed by atoms with Crippen molar-refractivity contribution >= 4 is 51.2 Å². The molecule has 6 nitrogen and oxygen atoms in total. The van der Waals surface area contributed by atoms with Crippen LogP contribution in [0.2, 0.25) is 0 Å². The highest BCUT2D eigenvalue weighted by Crippen LogP contribution is 2.33. The van der Waals surface area contributed by atoms with Gasteiger partial charge < -0.3 is 10.6 Å². The Morgan fingerprint density at radius 2 is 1.62 bits per heavy atom. The topological polar surface area (TPSA) is 78.5 Å². The fraction of sp³-hybridized carbons (Fsp3) is 0.125. The van der Waals surface area contributed by atoms with Gasteiger partial charge in [-0.1, -0.05) is 58.0 Å². The second kappa shape index (κ2) is 10.0. The van der Waals surface area contributed by atoms with Crippen LogP contribution in [0.4, 0.5) is 10.5 Å². The summed E-state index contributed by atoms with van der Waals surface area (Å²) in [6.07, 6.45) is 0.459. The number of carbonyl (C=O) groups excluding carboxylic acids is 3. The molecule has 1 aliphatic rings. The molecule has 0 bridgehead atoms. The number of nitrogens with one attached hydrogen (secondary N) is 2. The van der Waals surface area contributed by atoms with Crippen molar-refractivity contribution in [3.05, 3.63) is 88.4 Å². The minimum atomic E-state index is -0.336. The van der Waals surface area contributed by atoms with E-state index in [1.807, 2.05) is 54.6 Å². The predicted molar refractivity (Wildman–Crippen MR) is 128 cm³/mol. The van der Waals surface area contributed by atoms with E-state index in [2.05, 4.69) is 26.6 Å². The first kappa shape index (κ1) is 22.1. The van der Waals surface area contributed by atoms with E-state index in [1.165, 1.54) is 4.90 Å². The standard InChI is InChI=1S/C24H20BrN3O3S/c25-16-11-12-18-19(15-16)23(30)28(22(18)29)14-6-13-26-24(31)27-20-9-4-5-10-21(20)32-17-7-2-1-3-8-17/h1-5,7-12,15H,6,13-14H2,(H2,26,27,31). The van der Waals surface area contributed by atoms with Crippen LogP contribution in [0.25, 0.3) is 0 Å². The molecule has 1 heterocycles. The number of amides is 4. The number of hydrogen-bond donors (Lipinski definition) is 2. The Labute approximate surface area is 198 Å². The lowest BCUT2D eigenvalue weighted by atomic mass is 10.1. The third-order valence-corrected chi connectivity index (χ3v) is 6.46. The summed E-state index contributed by atoms with van der Waals surface area (Å²) in [6.45, 7) is 0.571. The smallest absolute Gasteiger partial charge is 0.319 e. The highest BCUT2D eigenvalue weighted by atomic mass is 79.9. The maximum atomic E-state index is 12.5. The summed E-state index contributed by atoms with van der Waals surface area (Å²) in [6, 6.07) is 22.2. The van der Waals surface area contributed by atoms with Crippen molar-refractivity contribution < 1.29 is 14.4 Å². The number of anilines is 1. The van der Waals surface area contributed by atoms with Crippen LogP contribution in [0, 0.1) is 0 Å². The Bertz CT molecular complexity index is 1170. The van der Waals surface area contributed by atoms with Crippen LogP contribution in [0.15, 0.2) is 87.1 Å². The number of carbonyl (C=O) groups is 3. The lowest BCUT2D eigenvalue weighted by Gasteiger charge is -2.15. The van der Waals surface area contributed by atoms with Gasteiger partial charge in [0.25, 0.3) is 11.8 Å². The average molecular weight is 510 g/mol. The first-order chi connectivity index (χ1) is 15.5. The van der Waals surface area contributed by atoms with Gasteiger partial charge >= 0.3 is 6.03 Å². The maximum Gasteiger partial charge on any atom is 0.319 e. The summed E-state index contributed by atoms with van der Waals surface area (Å²) in [5.74, 6) is -0.601. The van der Waals surface area contributed by atoms with E-state index < -0.39 is 0 Å². The van der Waals surface area contributed by atoms with Gasteiger partial charge in [-0.3, -0.25) is 14.5 Å². The first-order valence-corrected chi connectivity index (χ1v) is 11.7. The van der Waals surface area contributed by atoms with Crippen LogP contribution >= 0.6 is 27.7 Å². The Balaban J connectivity index is 1.28. The second-order valence-electron chi connectivity index (χ2n) is 7.10. The highest BCUT2D eigenvalue weighted by molar-refractivity contribution is 9.10. The van der Waals surface area contributed by atoms with Crippen LogP contribution in [0.1, 0.15) is 27.1 Å². The van der Waals surface area contributed by atoms with Crippen molar-refractivity contribution in [2.75, 3.05) is 18.4 Å². The minimum Gasteiger partial charge on any atom is -0.338 e. The number of halogens is 1. The zero-order valence-corrected chi connectivity index (χ0v) is 19.4. The van der Waals surface area contributed by atoms with E-state index in [1.54, 1.807) is 30.0 Å². The summed E-state index contributed by atoms with van der Waals surface area (Å²) in [5, 5.41) is 5.66. The van der Waals surface area contributed by atoms with Crippen LogP contribution in [0.5, 0.6) is 0 Å². The van der Waals surface area contributed by atoms with E-state index in [4.69, 9.17) is 0 Å². The fourth-order valence-electron chi connectivity index (χ4n) is 3.35. The Hall–Kier alpha value is -3.10. The molecule has 1 aliphatic heterocycles. The molecular formula is C24H20BrN3O3S. The van der Waals surface area contributed by atoms with Gasteiger partial charge in [0, 0.05) is 27.4 Å². The number of urea groups is 1. The summed E-state index contributed by atoms with van der Waals surface area (Å²) in [7, 11) is 0. The number of imide groups is 1. The van der Waals surface area contributed by atoms with Crippen molar-refractivity contribution in [3.8, 4) is 0 Å². The Morgan fingerprint density at radius 1 is 0.906 bits per heavy atom. The lowest BCUT2D eigenvalue weighted by Crippen LogP contribution is -2.35. The summed E-state index contributed by atoms with van der Waals surface area (Å²) < 4.78 is 0.753. The van der Waals surface area contributed by atoms with E-state index >= 15 is 0 Å². The van der Waals surface area contributed by atoms with Crippen LogP contribution < -0.4 is 10.6 Å². The molecule has 0 saturated carbocycles. The molecule has 0 aromatic heterocycles. The maximum absolute atomic E-state index is 12.5. The first-order valence-electron chi connectivity index (χ1n) is 10.1. The van der Waals surface area contributed by atoms with E-state index in [0.29, 0.717) is 29.8 Å². The number of para-hydroxylation sites is 1. The Kier molecular flexibility index (Phi) is 6.92. The van der Waals surface area contributed by atoms with Gasteiger partial charge in [-0.15, -0.1) is 0 Å². The monoisotopic (exact) mass is 509 g/mol. The molecule has 4 rings (SSSR count). The van der Waals surface area contributed by atoms with Gasteiger partial charge in [0.05, 0.1) is 16.8 Å². The van der Waals surface area contributed by atoms with Crippen LogP contribution in [0.3, 0.4) is 0 Å². The van der Waals surface area contributed by atoms with Gasteiger partial charge in [0.15, 0.2) is 0 Å².